The van der Waals surface area contributed by atoms with E-state index in [1.54, 1.807) is 0 Å². The summed E-state index contributed by atoms with van der Waals surface area (Å²) in [6.45, 7) is 0. The molecule has 0 spiro atoms. The van der Waals surface area contributed by atoms with E-state index in [-0.39, 0.29) is 0 Å². The van der Waals surface area contributed by atoms with Gasteiger partial charge in [-0.25, -0.2) is 0 Å². The molecule has 0 heterocycles. The first-order chi connectivity index (χ1) is 13.3. The van der Waals surface area contributed by atoms with Crippen LogP contribution >= 0.6 is 0 Å². The Hall–Kier alpha value is -3.52. The number of para-hydroxylation sites is 1. The van der Waals surface area contributed by atoms with Crippen LogP contribution in [0.25, 0.3) is 0 Å². The third-order valence-electron chi connectivity index (χ3n) is 4.30. The number of hydrogen-bond acceptors (Lipinski definition) is 2. The summed E-state index contributed by atoms with van der Waals surface area (Å²) in [5, 5.41) is 3.38. The highest BCUT2D eigenvalue weighted by Gasteiger charge is 2.02. The summed E-state index contributed by atoms with van der Waals surface area (Å²) in [6, 6.07) is 36.9. The summed E-state index contributed by atoms with van der Waals surface area (Å²) in [5.74, 6) is 1.68. The van der Waals surface area contributed by atoms with Crippen LogP contribution in [-0.2, 0) is 6.42 Å². The van der Waals surface area contributed by atoms with Crippen LogP contribution in [0.5, 0.6) is 11.5 Å². The van der Waals surface area contributed by atoms with Crippen LogP contribution in [0, 0.1) is 0 Å². The first-order valence-corrected chi connectivity index (χ1v) is 9.08. The zero-order chi connectivity index (χ0) is 18.3. The first kappa shape index (κ1) is 16.9. The van der Waals surface area contributed by atoms with E-state index in [1.165, 1.54) is 11.1 Å². The van der Waals surface area contributed by atoms with Crippen molar-refractivity contribution in [2.24, 2.45) is 0 Å². The minimum atomic E-state index is 0.825. The zero-order valence-corrected chi connectivity index (χ0v) is 15.0. The number of nitrogens with one attached hydrogen (secondary N) is 1. The summed E-state index contributed by atoms with van der Waals surface area (Å²) in [7, 11) is 0. The van der Waals surface area contributed by atoms with Gasteiger partial charge in [-0.15, -0.1) is 0 Å². The average molecular weight is 351 g/mol. The Balaban J connectivity index is 1.42. The van der Waals surface area contributed by atoms with E-state index in [1.807, 2.05) is 72.8 Å². The molecule has 0 unspecified atom stereocenters. The summed E-state index contributed by atoms with van der Waals surface area (Å²) < 4.78 is 6.03. The predicted molar refractivity (Wildman–Crippen MR) is 112 cm³/mol. The molecule has 2 heteroatoms. The molecule has 0 fully saturated rings. The van der Waals surface area contributed by atoms with Gasteiger partial charge in [0.15, 0.2) is 0 Å². The molecule has 4 aromatic carbocycles. The molecule has 2 nitrogen and oxygen atoms in total. The molecular formula is C25H21NO. The Labute approximate surface area is 160 Å². The lowest BCUT2D eigenvalue weighted by atomic mass is 10.1. The molecule has 0 saturated heterocycles. The van der Waals surface area contributed by atoms with Crippen LogP contribution in [0.1, 0.15) is 11.1 Å². The zero-order valence-electron chi connectivity index (χ0n) is 15.0. The molecule has 1 N–H and O–H groups in total. The standard InChI is InChI=1S/C25H21NO/c1-3-8-20(9-4-1)18-21-10-7-13-25(19-21)27-24-16-14-23(15-17-24)26-22-11-5-2-6-12-22/h1-17,19,26H,18H2. The van der Waals surface area contributed by atoms with Gasteiger partial charge in [0.2, 0.25) is 0 Å². The highest BCUT2D eigenvalue weighted by molar-refractivity contribution is 5.60. The lowest BCUT2D eigenvalue weighted by Gasteiger charge is -2.10. The molecule has 0 aliphatic rings. The molecule has 0 atom stereocenters. The molecule has 0 amide bonds. The Morgan fingerprint density at radius 1 is 0.519 bits per heavy atom. The topological polar surface area (TPSA) is 21.3 Å². The van der Waals surface area contributed by atoms with Crippen molar-refractivity contribution in [2.75, 3.05) is 5.32 Å². The molecule has 0 bridgehead atoms. The Bertz CT molecular complexity index is 979. The van der Waals surface area contributed by atoms with E-state index >= 15 is 0 Å². The van der Waals surface area contributed by atoms with Crippen LogP contribution in [0.15, 0.2) is 109 Å². The normalized spacial score (nSPS) is 10.4. The van der Waals surface area contributed by atoms with Gasteiger partial charge in [-0.05, 0) is 66.1 Å². The van der Waals surface area contributed by atoms with Gasteiger partial charge in [0, 0.05) is 11.4 Å². The summed E-state index contributed by atoms with van der Waals surface area (Å²) >= 11 is 0. The van der Waals surface area contributed by atoms with Crippen LogP contribution in [0.4, 0.5) is 11.4 Å². The minimum Gasteiger partial charge on any atom is -0.457 e. The molecular weight excluding hydrogens is 330 g/mol. The molecule has 132 valence electrons. The fourth-order valence-electron chi connectivity index (χ4n) is 2.98. The van der Waals surface area contributed by atoms with Gasteiger partial charge in [-0.1, -0.05) is 60.7 Å². The van der Waals surface area contributed by atoms with Crippen molar-refractivity contribution in [3.8, 4) is 11.5 Å². The predicted octanol–water partition coefficient (Wildman–Crippen LogP) is 6.81. The van der Waals surface area contributed by atoms with Crippen molar-refractivity contribution in [3.05, 3.63) is 120 Å². The second-order valence-electron chi connectivity index (χ2n) is 6.43. The Morgan fingerprint density at radius 2 is 1.15 bits per heavy atom. The van der Waals surface area contributed by atoms with Crippen molar-refractivity contribution in [3.63, 3.8) is 0 Å². The molecule has 4 rings (SSSR count). The maximum atomic E-state index is 6.03. The van der Waals surface area contributed by atoms with Gasteiger partial charge < -0.3 is 10.1 Å². The quantitative estimate of drug-likeness (QED) is 0.412. The highest BCUT2D eigenvalue weighted by Crippen LogP contribution is 2.25. The lowest BCUT2D eigenvalue weighted by Crippen LogP contribution is -1.91. The fraction of sp³-hybridized carbons (Fsp3) is 0.0400. The number of anilines is 2. The summed E-state index contributed by atoms with van der Waals surface area (Å²) in [5.41, 5.74) is 4.64. The van der Waals surface area contributed by atoms with Gasteiger partial charge in [-0.3, -0.25) is 0 Å². The first-order valence-electron chi connectivity index (χ1n) is 9.08. The molecule has 4 aromatic rings. The third-order valence-corrected chi connectivity index (χ3v) is 4.30. The van der Waals surface area contributed by atoms with E-state index in [4.69, 9.17) is 4.74 Å². The Kier molecular flexibility index (Phi) is 5.16. The lowest BCUT2D eigenvalue weighted by molar-refractivity contribution is 0.482. The number of benzene rings is 4. The molecule has 0 aromatic heterocycles. The van der Waals surface area contributed by atoms with Crippen molar-refractivity contribution in [1.82, 2.24) is 0 Å². The smallest absolute Gasteiger partial charge is 0.127 e. The van der Waals surface area contributed by atoms with E-state index in [0.29, 0.717) is 0 Å². The maximum absolute atomic E-state index is 6.03. The molecule has 0 aliphatic heterocycles. The van der Waals surface area contributed by atoms with Crippen LogP contribution in [0.2, 0.25) is 0 Å². The van der Waals surface area contributed by atoms with Gasteiger partial charge in [-0.2, -0.15) is 0 Å². The van der Waals surface area contributed by atoms with Crippen LogP contribution < -0.4 is 10.1 Å². The second kappa shape index (κ2) is 8.24. The van der Waals surface area contributed by atoms with Crippen molar-refractivity contribution in [2.45, 2.75) is 6.42 Å². The maximum Gasteiger partial charge on any atom is 0.127 e. The van der Waals surface area contributed by atoms with E-state index < -0.39 is 0 Å². The van der Waals surface area contributed by atoms with Gasteiger partial charge in [0.25, 0.3) is 0 Å². The van der Waals surface area contributed by atoms with E-state index in [0.717, 1.165) is 29.3 Å². The largest absolute Gasteiger partial charge is 0.457 e. The number of ether oxygens (including phenoxy) is 1. The molecule has 0 radical (unpaired) electrons. The van der Waals surface area contributed by atoms with E-state index in [2.05, 4.69) is 41.7 Å². The average Bonchev–Trinajstić information content (AvgIpc) is 2.71. The van der Waals surface area contributed by atoms with Crippen molar-refractivity contribution in [1.29, 1.82) is 0 Å². The monoisotopic (exact) mass is 351 g/mol. The second-order valence-corrected chi connectivity index (χ2v) is 6.43. The minimum absolute atomic E-state index is 0.825. The van der Waals surface area contributed by atoms with Gasteiger partial charge in [0.1, 0.15) is 11.5 Å². The summed E-state index contributed by atoms with van der Waals surface area (Å²) in [6.07, 6.45) is 0.901. The van der Waals surface area contributed by atoms with Gasteiger partial charge in [0.05, 0.1) is 0 Å². The number of rotatable bonds is 6. The van der Waals surface area contributed by atoms with Crippen molar-refractivity contribution < 1.29 is 4.74 Å². The number of hydrogen-bond donors (Lipinski definition) is 1. The van der Waals surface area contributed by atoms with Gasteiger partial charge >= 0.3 is 0 Å². The SMILES string of the molecule is c1ccc(Cc2cccc(Oc3ccc(Nc4ccccc4)cc3)c2)cc1. The Morgan fingerprint density at radius 3 is 1.89 bits per heavy atom. The molecule has 0 saturated carbocycles. The molecule has 27 heavy (non-hydrogen) atoms. The third kappa shape index (κ3) is 4.77. The van der Waals surface area contributed by atoms with Crippen molar-refractivity contribution >= 4 is 11.4 Å². The van der Waals surface area contributed by atoms with Crippen LogP contribution in [0.3, 0.4) is 0 Å². The van der Waals surface area contributed by atoms with E-state index in [9.17, 15) is 0 Å². The summed E-state index contributed by atoms with van der Waals surface area (Å²) in [4.78, 5) is 0. The van der Waals surface area contributed by atoms with Crippen LogP contribution in [-0.4, -0.2) is 0 Å². The molecule has 0 aliphatic carbocycles. The fourth-order valence-corrected chi connectivity index (χ4v) is 2.98. The highest BCUT2D eigenvalue weighted by atomic mass is 16.5.